The Kier molecular flexibility index (Phi) is 6.95. The van der Waals surface area contributed by atoms with Gasteiger partial charge >= 0.3 is 0 Å². The van der Waals surface area contributed by atoms with Gasteiger partial charge in [-0.3, -0.25) is 4.79 Å². The SMILES string of the molecule is CC(C)CN1CCC(CNC(=O)CCS(C)(=O)=O)CC1. The molecule has 1 N–H and O–H groups in total. The summed E-state index contributed by atoms with van der Waals surface area (Å²) in [6.07, 6.45) is 3.45. The number of piperidine rings is 1. The van der Waals surface area contributed by atoms with Crippen molar-refractivity contribution in [3.05, 3.63) is 0 Å². The molecule has 118 valence electrons. The van der Waals surface area contributed by atoms with Gasteiger partial charge in [-0.1, -0.05) is 13.8 Å². The van der Waals surface area contributed by atoms with Crippen molar-refractivity contribution in [1.82, 2.24) is 10.2 Å². The van der Waals surface area contributed by atoms with Gasteiger partial charge in [-0.25, -0.2) is 8.42 Å². The van der Waals surface area contributed by atoms with Crippen LogP contribution in [0.15, 0.2) is 0 Å². The molecule has 0 aromatic rings. The average Bonchev–Trinajstić information content (AvgIpc) is 2.34. The molecule has 0 bridgehead atoms. The number of carbonyl (C=O) groups excluding carboxylic acids is 1. The van der Waals surface area contributed by atoms with Gasteiger partial charge in [0.1, 0.15) is 9.84 Å². The van der Waals surface area contributed by atoms with Crippen LogP contribution >= 0.6 is 0 Å². The summed E-state index contributed by atoms with van der Waals surface area (Å²) in [5, 5.41) is 2.86. The Labute approximate surface area is 123 Å². The molecule has 20 heavy (non-hydrogen) atoms. The second kappa shape index (κ2) is 7.98. The van der Waals surface area contributed by atoms with E-state index < -0.39 is 9.84 Å². The molecule has 1 fully saturated rings. The summed E-state index contributed by atoms with van der Waals surface area (Å²) >= 11 is 0. The predicted molar refractivity (Wildman–Crippen MR) is 81.3 cm³/mol. The molecule has 0 saturated carbocycles. The van der Waals surface area contributed by atoms with E-state index in [-0.39, 0.29) is 18.1 Å². The van der Waals surface area contributed by atoms with Crippen LogP contribution in [-0.2, 0) is 14.6 Å². The molecule has 1 aliphatic heterocycles. The number of nitrogens with one attached hydrogen (secondary N) is 1. The van der Waals surface area contributed by atoms with Crippen LogP contribution < -0.4 is 5.32 Å². The Morgan fingerprint density at radius 2 is 1.90 bits per heavy atom. The lowest BCUT2D eigenvalue weighted by atomic mass is 9.96. The first-order valence-corrected chi connectivity index (χ1v) is 9.49. The quantitative estimate of drug-likeness (QED) is 0.759. The summed E-state index contributed by atoms with van der Waals surface area (Å²) in [6.45, 7) is 8.48. The van der Waals surface area contributed by atoms with Crippen molar-refractivity contribution in [2.45, 2.75) is 33.1 Å². The number of amides is 1. The standard InChI is InChI=1S/C14H28N2O3S/c1-12(2)11-16-7-4-13(5-8-16)10-15-14(17)6-9-20(3,18)19/h12-13H,4-11H2,1-3H3,(H,15,17). The molecule has 1 aliphatic rings. The van der Waals surface area contributed by atoms with Gasteiger partial charge in [0, 0.05) is 25.8 Å². The van der Waals surface area contributed by atoms with Gasteiger partial charge in [-0.2, -0.15) is 0 Å². The molecule has 1 amide bonds. The number of carbonyl (C=O) groups is 1. The molecule has 0 radical (unpaired) electrons. The van der Waals surface area contributed by atoms with E-state index in [1.165, 1.54) is 0 Å². The van der Waals surface area contributed by atoms with Crippen LogP contribution in [0.1, 0.15) is 33.1 Å². The van der Waals surface area contributed by atoms with Crippen molar-refractivity contribution in [1.29, 1.82) is 0 Å². The zero-order valence-corrected chi connectivity index (χ0v) is 13.7. The van der Waals surface area contributed by atoms with Gasteiger partial charge < -0.3 is 10.2 Å². The topological polar surface area (TPSA) is 66.5 Å². The number of nitrogens with zero attached hydrogens (tertiary/aromatic N) is 1. The lowest BCUT2D eigenvalue weighted by Crippen LogP contribution is -2.40. The third kappa shape index (κ3) is 7.85. The van der Waals surface area contributed by atoms with Crippen LogP contribution in [0.2, 0.25) is 0 Å². The number of hydrogen-bond acceptors (Lipinski definition) is 4. The summed E-state index contributed by atoms with van der Waals surface area (Å²) in [5.74, 6) is 1.01. The van der Waals surface area contributed by atoms with Gasteiger partial charge in [0.05, 0.1) is 5.75 Å². The number of likely N-dealkylation sites (tertiary alicyclic amines) is 1. The van der Waals surface area contributed by atoms with Gasteiger partial charge in [0.25, 0.3) is 0 Å². The molecule has 0 aromatic carbocycles. The minimum absolute atomic E-state index is 0.0638. The highest BCUT2D eigenvalue weighted by Crippen LogP contribution is 2.17. The number of sulfone groups is 1. The fourth-order valence-corrected chi connectivity index (χ4v) is 3.07. The third-order valence-electron chi connectivity index (χ3n) is 3.62. The Hall–Kier alpha value is -0.620. The summed E-state index contributed by atoms with van der Waals surface area (Å²) < 4.78 is 22.0. The van der Waals surface area contributed by atoms with E-state index in [1.807, 2.05) is 0 Å². The Balaban J connectivity index is 2.16. The first-order chi connectivity index (χ1) is 9.26. The Morgan fingerprint density at radius 3 is 2.40 bits per heavy atom. The van der Waals surface area contributed by atoms with E-state index in [4.69, 9.17) is 0 Å². The van der Waals surface area contributed by atoms with Crippen LogP contribution in [0, 0.1) is 11.8 Å². The first-order valence-electron chi connectivity index (χ1n) is 7.43. The molecular formula is C14H28N2O3S. The molecule has 0 atom stereocenters. The van der Waals surface area contributed by atoms with Crippen molar-refractivity contribution in [3.8, 4) is 0 Å². The zero-order chi connectivity index (χ0) is 15.2. The lowest BCUT2D eigenvalue weighted by Gasteiger charge is -2.33. The fraction of sp³-hybridized carbons (Fsp3) is 0.929. The molecule has 1 heterocycles. The van der Waals surface area contributed by atoms with Crippen LogP contribution in [0.25, 0.3) is 0 Å². The van der Waals surface area contributed by atoms with E-state index in [9.17, 15) is 13.2 Å². The maximum Gasteiger partial charge on any atom is 0.221 e. The smallest absolute Gasteiger partial charge is 0.221 e. The Bertz CT molecular complexity index is 399. The van der Waals surface area contributed by atoms with Crippen molar-refractivity contribution in [3.63, 3.8) is 0 Å². The molecule has 1 rings (SSSR count). The molecule has 0 aliphatic carbocycles. The average molecular weight is 304 g/mol. The molecule has 6 heteroatoms. The monoisotopic (exact) mass is 304 g/mol. The van der Waals surface area contributed by atoms with Crippen molar-refractivity contribution >= 4 is 15.7 Å². The van der Waals surface area contributed by atoms with Crippen molar-refractivity contribution in [2.24, 2.45) is 11.8 Å². The van der Waals surface area contributed by atoms with Crippen LogP contribution in [-0.4, -0.2) is 57.4 Å². The largest absolute Gasteiger partial charge is 0.356 e. The predicted octanol–water partition coefficient (Wildman–Crippen LogP) is 0.905. The summed E-state index contributed by atoms with van der Waals surface area (Å²) in [6, 6.07) is 0. The van der Waals surface area contributed by atoms with Crippen LogP contribution in [0.4, 0.5) is 0 Å². The van der Waals surface area contributed by atoms with Gasteiger partial charge in [0.15, 0.2) is 0 Å². The first kappa shape index (κ1) is 17.4. The van der Waals surface area contributed by atoms with E-state index >= 15 is 0 Å². The van der Waals surface area contributed by atoms with E-state index in [2.05, 4.69) is 24.1 Å². The van der Waals surface area contributed by atoms with Gasteiger partial charge in [-0.15, -0.1) is 0 Å². The molecule has 1 saturated heterocycles. The molecule has 0 spiro atoms. The second-order valence-electron chi connectivity index (χ2n) is 6.32. The third-order valence-corrected chi connectivity index (χ3v) is 4.56. The number of hydrogen-bond donors (Lipinski definition) is 1. The van der Waals surface area contributed by atoms with E-state index in [0.29, 0.717) is 18.4 Å². The highest BCUT2D eigenvalue weighted by Gasteiger charge is 2.20. The molecular weight excluding hydrogens is 276 g/mol. The van der Waals surface area contributed by atoms with Crippen molar-refractivity contribution in [2.75, 3.05) is 38.2 Å². The second-order valence-corrected chi connectivity index (χ2v) is 8.58. The van der Waals surface area contributed by atoms with E-state index in [1.54, 1.807) is 0 Å². The summed E-state index contributed by atoms with van der Waals surface area (Å²) in [5.41, 5.74) is 0. The summed E-state index contributed by atoms with van der Waals surface area (Å²) in [7, 11) is -3.05. The lowest BCUT2D eigenvalue weighted by molar-refractivity contribution is -0.120. The maximum atomic E-state index is 11.6. The maximum absolute atomic E-state index is 11.6. The van der Waals surface area contributed by atoms with Crippen molar-refractivity contribution < 1.29 is 13.2 Å². The zero-order valence-electron chi connectivity index (χ0n) is 12.9. The molecule has 0 unspecified atom stereocenters. The minimum atomic E-state index is -3.05. The number of rotatable bonds is 7. The van der Waals surface area contributed by atoms with Gasteiger partial charge in [-0.05, 0) is 37.8 Å². The van der Waals surface area contributed by atoms with Gasteiger partial charge in [0.2, 0.25) is 5.91 Å². The summed E-state index contributed by atoms with van der Waals surface area (Å²) in [4.78, 5) is 14.0. The highest BCUT2D eigenvalue weighted by molar-refractivity contribution is 7.90. The van der Waals surface area contributed by atoms with Crippen LogP contribution in [0.3, 0.4) is 0 Å². The minimum Gasteiger partial charge on any atom is -0.356 e. The Morgan fingerprint density at radius 1 is 1.30 bits per heavy atom. The van der Waals surface area contributed by atoms with Crippen LogP contribution in [0.5, 0.6) is 0 Å². The fourth-order valence-electron chi connectivity index (χ4n) is 2.51. The van der Waals surface area contributed by atoms with E-state index in [0.717, 1.165) is 38.7 Å². The highest BCUT2D eigenvalue weighted by atomic mass is 32.2. The normalized spacial score (nSPS) is 18.4. The molecule has 0 aromatic heterocycles. The molecule has 5 nitrogen and oxygen atoms in total.